The molecule has 3 aliphatic rings. The van der Waals surface area contributed by atoms with Crippen LogP contribution >= 0.6 is 0 Å². The monoisotopic (exact) mass is 486 g/mol. The van der Waals surface area contributed by atoms with Gasteiger partial charge in [-0.15, -0.1) is 0 Å². The van der Waals surface area contributed by atoms with Gasteiger partial charge in [0.15, 0.2) is 20.4 Å². The SMILES string of the molecule is COc1cccc2c1C[C@H]1CC(=O)C(CCCOC3CCCCO3)=C1[C@@H]2O[Si](C)(C)C(C)(C)C. The summed E-state index contributed by atoms with van der Waals surface area (Å²) in [7, 11) is -0.360. The Balaban J connectivity index is 1.62. The quantitative estimate of drug-likeness (QED) is 0.309. The van der Waals surface area contributed by atoms with Gasteiger partial charge in [-0.2, -0.15) is 0 Å². The molecule has 1 aromatic rings. The van der Waals surface area contributed by atoms with Crippen molar-refractivity contribution in [2.45, 2.75) is 96.2 Å². The van der Waals surface area contributed by atoms with E-state index in [9.17, 15) is 4.79 Å². The first-order valence-electron chi connectivity index (χ1n) is 13.0. The lowest BCUT2D eigenvalue weighted by atomic mass is 9.78. The average Bonchev–Trinajstić information content (AvgIpc) is 3.11. The second-order valence-electron chi connectivity index (χ2n) is 11.5. The summed E-state index contributed by atoms with van der Waals surface area (Å²) in [5, 5.41) is 0.0795. The molecule has 0 aromatic heterocycles. The molecule has 1 aliphatic heterocycles. The lowest BCUT2D eigenvalue weighted by Gasteiger charge is -2.43. The molecule has 1 aromatic carbocycles. The van der Waals surface area contributed by atoms with Gasteiger partial charge in [0.2, 0.25) is 0 Å². The van der Waals surface area contributed by atoms with Crippen LogP contribution in [0.4, 0.5) is 0 Å². The third-order valence-corrected chi connectivity index (χ3v) is 12.6. The number of fused-ring (bicyclic) bond motifs is 2. The largest absolute Gasteiger partial charge is 0.496 e. The molecule has 188 valence electrons. The van der Waals surface area contributed by atoms with E-state index in [0.29, 0.717) is 13.0 Å². The zero-order valence-electron chi connectivity index (χ0n) is 21.9. The number of ketones is 1. The lowest BCUT2D eigenvalue weighted by Crippen LogP contribution is -2.43. The van der Waals surface area contributed by atoms with Crippen LogP contribution in [0, 0.1) is 5.92 Å². The van der Waals surface area contributed by atoms with Gasteiger partial charge < -0.3 is 18.6 Å². The highest BCUT2D eigenvalue weighted by Gasteiger charge is 2.47. The van der Waals surface area contributed by atoms with Crippen molar-refractivity contribution in [3.05, 3.63) is 40.5 Å². The molecule has 6 heteroatoms. The molecule has 3 atom stereocenters. The van der Waals surface area contributed by atoms with Crippen molar-refractivity contribution < 1.29 is 23.4 Å². The number of hydrogen-bond donors (Lipinski definition) is 0. The van der Waals surface area contributed by atoms with Crippen LogP contribution in [0.15, 0.2) is 29.3 Å². The maximum absolute atomic E-state index is 13.3. The van der Waals surface area contributed by atoms with Gasteiger partial charge in [-0.3, -0.25) is 4.79 Å². The van der Waals surface area contributed by atoms with Gasteiger partial charge in [0, 0.05) is 18.6 Å². The summed E-state index contributed by atoms with van der Waals surface area (Å²) >= 11 is 0. The number of carbonyl (C=O) groups excluding carboxylic acids is 1. The smallest absolute Gasteiger partial charge is 0.193 e. The number of allylic oxidation sites excluding steroid dienone is 1. The molecule has 0 amide bonds. The van der Waals surface area contributed by atoms with E-state index in [1.807, 2.05) is 6.07 Å². The first kappa shape index (κ1) is 25.6. The average molecular weight is 487 g/mol. The zero-order valence-corrected chi connectivity index (χ0v) is 22.9. The van der Waals surface area contributed by atoms with E-state index >= 15 is 0 Å². The van der Waals surface area contributed by atoms with Gasteiger partial charge in [0.1, 0.15) is 5.75 Å². The van der Waals surface area contributed by atoms with Crippen LogP contribution in [0.2, 0.25) is 18.1 Å². The van der Waals surface area contributed by atoms with Gasteiger partial charge in [-0.25, -0.2) is 0 Å². The number of benzene rings is 1. The van der Waals surface area contributed by atoms with Crippen LogP contribution < -0.4 is 4.74 Å². The van der Waals surface area contributed by atoms with E-state index in [-0.39, 0.29) is 29.1 Å². The number of rotatable bonds is 8. The van der Waals surface area contributed by atoms with Crippen LogP contribution in [0.1, 0.15) is 76.5 Å². The number of ether oxygens (including phenoxy) is 3. The summed E-state index contributed by atoms with van der Waals surface area (Å²) < 4.78 is 24.5. The minimum absolute atomic E-state index is 0.0795. The molecule has 5 nitrogen and oxygen atoms in total. The highest BCUT2D eigenvalue weighted by molar-refractivity contribution is 6.74. The molecule has 34 heavy (non-hydrogen) atoms. The van der Waals surface area contributed by atoms with Crippen molar-refractivity contribution in [1.29, 1.82) is 0 Å². The molecule has 1 heterocycles. The fourth-order valence-electron chi connectivity index (χ4n) is 5.26. The number of hydrogen-bond acceptors (Lipinski definition) is 5. The summed E-state index contributed by atoms with van der Waals surface area (Å²) in [4.78, 5) is 13.3. The Kier molecular flexibility index (Phi) is 7.73. The third kappa shape index (κ3) is 5.20. The second kappa shape index (κ2) is 10.3. The molecule has 0 bridgehead atoms. The Morgan fingerprint density at radius 3 is 2.62 bits per heavy atom. The van der Waals surface area contributed by atoms with Gasteiger partial charge in [0.25, 0.3) is 0 Å². The Morgan fingerprint density at radius 1 is 1.15 bits per heavy atom. The molecule has 2 aliphatic carbocycles. The molecule has 1 fully saturated rings. The number of carbonyl (C=O) groups is 1. The van der Waals surface area contributed by atoms with Gasteiger partial charge in [-0.1, -0.05) is 32.9 Å². The van der Waals surface area contributed by atoms with E-state index in [4.69, 9.17) is 18.6 Å². The highest BCUT2D eigenvalue weighted by atomic mass is 28.4. The van der Waals surface area contributed by atoms with Crippen LogP contribution in [0.25, 0.3) is 0 Å². The standard InChI is InChI=1S/C28H42O5Si/c1-28(2,3)34(5,6)33-27-20-11-9-13-24(30-4)22(20)17-19-18-23(29)21(26(19)27)12-10-16-32-25-14-7-8-15-31-25/h9,11,13,19,25,27H,7-8,10,12,14-18H2,1-6H3/t19-,25?,27+/m0/s1. The number of methoxy groups -OCH3 is 1. The van der Waals surface area contributed by atoms with Crippen molar-refractivity contribution in [2.24, 2.45) is 5.92 Å². The predicted octanol–water partition coefficient (Wildman–Crippen LogP) is 6.52. The van der Waals surface area contributed by atoms with Crippen LogP contribution in [0.3, 0.4) is 0 Å². The normalized spacial score (nSPS) is 25.4. The first-order valence-corrected chi connectivity index (χ1v) is 15.9. The topological polar surface area (TPSA) is 54.0 Å². The van der Waals surface area contributed by atoms with Crippen molar-refractivity contribution in [1.82, 2.24) is 0 Å². The molecule has 1 unspecified atom stereocenters. The molecule has 0 N–H and O–H groups in total. The van der Waals surface area contributed by atoms with E-state index in [0.717, 1.165) is 56.5 Å². The first-order chi connectivity index (χ1) is 16.1. The minimum atomic E-state index is -2.09. The van der Waals surface area contributed by atoms with Gasteiger partial charge in [-0.05, 0) is 85.4 Å². The molecule has 4 rings (SSSR count). The fourth-order valence-corrected chi connectivity index (χ4v) is 6.46. The zero-order chi connectivity index (χ0) is 24.5. The van der Waals surface area contributed by atoms with E-state index in [1.54, 1.807) is 7.11 Å². The third-order valence-electron chi connectivity index (χ3n) is 8.19. The predicted molar refractivity (Wildman–Crippen MR) is 137 cm³/mol. The van der Waals surface area contributed by atoms with Crippen molar-refractivity contribution >= 4 is 14.1 Å². The molecular weight excluding hydrogens is 444 g/mol. The summed E-state index contributed by atoms with van der Waals surface area (Å²) in [6, 6.07) is 6.25. The molecule has 1 saturated heterocycles. The van der Waals surface area contributed by atoms with E-state index in [2.05, 4.69) is 46.0 Å². The fraction of sp³-hybridized carbons (Fsp3) is 0.679. The van der Waals surface area contributed by atoms with Crippen LogP contribution in [-0.4, -0.2) is 40.7 Å². The summed E-state index contributed by atoms with van der Waals surface area (Å²) in [5.74, 6) is 1.38. The van der Waals surface area contributed by atoms with Crippen molar-refractivity contribution in [3.63, 3.8) is 0 Å². The Labute approximate surface area is 206 Å². The summed E-state index contributed by atoms with van der Waals surface area (Å²) in [5.41, 5.74) is 4.59. The van der Waals surface area contributed by atoms with E-state index < -0.39 is 8.32 Å². The Hall–Kier alpha value is -1.47. The maximum Gasteiger partial charge on any atom is 0.193 e. The number of Topliss-reactive ketones (excluding diaryl/α,β-unsaturated/α-hetero) is 1. The molecular formula is C28H42O5Si. The summed E-state index contributed by atoms with van der Waals surface area (Å²) in [6.45, 7) is 12.8. The Bertz CT molecular complexity index is 923. The molecule has 0 spiro atoms. The maximum atomic E-state index is 13.3. The van der Waals surface area contributed by atoms with Gasteiger partial charge >= 0.3 is 0 Å². The minimum Gasteiger partial charge on any atom is -0.496 e. The summed E-state index contributed by atoms with van der Waals surface area (Å²) in [6.07, 6.45) is 5.98. The lowest BCUT2D eigenvalue weighted by molar-refractivity contribution is -0.162. The highest BCUT2D eigenvalue weighted by Crippen LogP contribution is 2.52. The van der Waals surface area contributed by atoms with Gasteiger partial charge in [0.05, 0.1) is 19.8 Å². The molecule has 0 radical (unpaired) electrons. The Morgan fingerprint density at radius 2 is 1.94 bits per heavy atom. The van der Waals surface area contributed by atoms with E-state index in [1.165, 1.54) is 16.7 Å². The second-order valence-corrected chi connectivity index (χ2v) is 16.3. The van der Waals surface area contributed by atoms with Crippen molar-refractivity contribution in [3.8, 4) is 5.75 Å². The molecule has 0 saturated carbocycles. The van der Waals surface area contributed by atoms with Crippen molar-refractivity contribution in [2.75, 3.05) is 20.3 Å². The van der Waals surface area contributed by atoms with Crippen LogP contribution in [-0.2, 0) is 25.1 Å². The van der Waals surface area contributed by atoms with Crippen LogP contribution in [0.5, 0.6) is 5.75 Å².